The molecule has 0 bridgehead atoms. The molecule has 0 amide bonds. The lowest BCUT2D eigenvalue weighted by atomic mass is 10.3. The second-order valence-corrected chi connectivity index (χ2v) is 6.77. The number of aromatic nitrogens is 4. The van der Waals surface area contributed by atoms with E-state index in [1.54, 1.807) is 23.7 Å². The maximum Gasteiger partial charge on any atom is 0.329 e. The summed E-state index contributed by atoms with van der Waals surface area (Å²) in [5.41, 5.74) is -0.591. The van der Waals surface area contributed by atoms with E-state index in [0.29, 0.717) is 11.7 Å². The average molecular weight is 387 g/mol. The van der Waals surface area contributed by atoms with Crippen LogP contribution < -0.4 is 21.3 Å². The Balaban J connectivity index is 1.93. The minimum atomic E-state index is -0.883. The normalized spacial score (nSPS) is 13.4. The third kappa shape index (κ3) is 4.09. The van der Waals surface area contributed by atoms with E-state index in [-0.39, 0.29) is 30.4 Å². The first-order chi connectivity index (χ1) is 13.4. The van der Waals surface area contributed by atoms with E-state index in [9.17, 15) is 14.7 Å². The number of aliphatic hydroxyl groups is 1. The zero-order chi connectivity index (χ0) is 20.3. The number of hydrogen-bond donors (Lipinski definition) is 3. The van der Waals surface area contributed by atoms with Crippen LogP contribution in [0, 0.1) is 0 Å². The van der Waals surface area contributed by atoms with E-state index >= 15 is 0 Å². The van der Waals surface area contributed by atoms with Crippen LogP contribution in [0.2, 0.25) is 0 Å². The SMILES string of the molecule is CC[C@H](C)Nc1nc2c(c(=O)[nH]c(=O)n2C)n1C[C@@H](O)COc1ccccc1. The smallest absolute Gasteiger partial charge is 0.329 e. The predicted octanol–water partition coefficient (Wildman–Crippen LogP) is 1.07. The van der Waals surface area contributed by atoms with Crippen molar-refractivity contribution in [2.24, 2.45) is 7.05 Å². The number of aryl methyl sites for hydroxylation is 1. The molecule has 0 aliphatic rings. The van der Waals surface area contributed by atoms with Gasteiger partial charge in [0.2, 0.25) is 5.95 Å². The summed E-state index contributed by atoms with van der Waals surface area (Å²) >= 11 is 0. The summed E-state index contributed by atoms with van der Waals surface area (Å²) in [6, 6.07) is 9.28. The number of nitrogens with zero attached hydrogens (tertiary/aromatic N) is 3. The fraction of sp³-hybridized carbons (Fsp3) is 0.421. The summed E-state index contributed by atoms with van der Waals surface area (Å²) in [7, 11) is 1.54. The van der Waals surface area contributed by atoms with Crippen molar-refractivity contribution in [3.63, 3.8) is 0 Å². The molecule has 0 fully saturated rings. The fourth-order valence-corrected chi connectivity index (χ4v) is 2.82. The van der Waals surface area contributed by atoms with Gasteiger partial charge in [0.15, 0.2) is 11.2 Å². The number of aromatic amines is 1. The lowest BCUT2D eigenvalue weighted by molar-refractivity contribution is 0.0938. The Morgan fingerprint density at radius 2 is 2.00 bits per heavy atom. The number of imidazole rings is 1. The number of anilines is 1. The van der Waals surface area contributed by atoms with Crippen molar-refractivity contribution < 1.29 is 9.84 Å². The number of H-pyrrole nitrogens is 1. The Kier molecular flexibility index (Phi) is 5.84. The van der Waals surface area contributed by atoms with Crippen molar-refractivity contribution in [2.75, 3.05) is 11.9 Å². The number of rotatable bonds is 8. The van der Waals surface area contributed by atoms with Crippen LogP contribution in [0.25, 0.3) is 11.2 Å². The molecule has 9 heteroatoms. The molecule has 3 aromatic rings. The first-order valence-electron chi connectivity index (χ1n) is 9.22. The first kappa shape index (κ1) is 19.7. The van der Waals surface area contributed by atoms with E-state index < -0.39 is 17.4 Å². The Morgan fingerprint density at radius 3 is 2.68 bits per heavy atom. The molecule has 150 valence electrons. The quantitative estimate of drug-likeness (QED) is 0.533. The van der Waals surface area contributed by atoms with Crippen molar-refractivity contribution in [2.45, 2.75) is 39.0 Å². The standard InChI is InChI=1S/C19H25N5O4/c1-4-12(2)20-18-21-16-15(17(26)22-19(27)23(16)3)24(18)10-13(25)11-28-14-8-6-5-7-9-14/h5-9,12-13,25H,4,10-11H2,1-3H3,(H,20,21)(H,22,26,27)/t12-,13+/m0/s1. The van der Waals surface area contributed by atoms with Gasteiger partial charge in [-0.05, 0) is 25.5 Å². The van der Waals surface area contributed by atoms with Gasteiger partial charge in [0.05, 0.1) is 6.54 Å². The molecule has 0 saturated heterocycles. The van der Waals surface area contributed by atoms with Gasteiger partial charge in [0.1, 0.15) is 18.5 Å². The molecule has 0 aliphatic carbocycles. The first-order valence-corrected chi connectivity index (χ1v) is 9.22. The lowest BCUT2D eigenvalue weighted by Crippen LogP contribution is -2.31. The summed E-state index contributed by atoms with van der Waals surface area (Å²) in [5, 5.41) is 13.7. The Labute approximate surface area is 161 Å². The number of para-hydroxylation sites is 1. The van der Waals surface area contributed by atoms with Crippen LogP contribution in [0.4, 0.5) is 5.95 Å². The van der Waals surface area contributed by atoms with Crippen LogP contribution in [0.5, 0.6) is 5.75 Å². The number of nitrogens with one attached hydrogen (secondary N) is 2. The third-order valence-electron chi connectivity index (χ3n) is 4.57. The van der Waals surface area contributed by atoms with Crippen molar-refractivity contribution in [1.82, 2.24) is 19.1 Å². The van der Waals surface area contributed by atoms with Crippen molar-refractivity contribution in [1.29, 1.82) is 0 Å². The largest absolute Gasteiger partial charge is 0.491 e. The highest BCUT2D eigenvalue weighted by molar-refractivity contribution is 5.74. The fourth-order valence-electron chi connectivity index (χ4n) is 2.82. The average Bonchev–Trinajstić information content (AvgIpc) is 3.03. The second kappa shape index (κ2) is 8.30. The molecule has 0 radical (unpaired) electrons. The number of aliphatic hydroxyl groups excluding tert-OH is 1. The summed E-state index contributed by atoms with van der Waals surface area (Å²) in [6.07, 6.45) is -0.0373. The molecule has 9 nitrogen and oxygen atoms in total. The van der Waals surface area contributed by atoms with E-state index in [0.717, 1.165) is 6.42 Å². The minimum absolute atomic E-state index is 0.0517. The molecule has 3 N–H and O–H groups in total. The van der Waals surface area contributed by atoms with Crippen LogP contribution in [0.1, 0.15) is 20.3 Å². The summed E-state index contributed by atoms with van der Waals surface area (Å²) in [5.74, 6) is 1.07. The van der Waals surface area contributed by atoms with E-state index in [4.69, 9.17) is 4.74 Å². The Hall–Kier alpha value is -3.07. The van der Waals surface area contributed by atoms with Crippen LogP contribution in [0.15, 0.2) is 39.9 Å². The molecule has 3 rings (SSSR count). The lowest BCUT2D eigenvalue weighted by Gasteiger charge is -2.17. The van der Waals surface area contributed by atoms with Crippen LogP contribution in [-0.2, 0) is 13.6 Å². The van der Waals surface area contributed by atoms with Gasteiger partial charge in [-0.25, -0.2) is 4.79 Å². The van der Waals surface area contributed by atoms with E-state index in [1.807, 2.05) is 32.0 Å². The molecule has 0 spiro atoms. The van der Waals surface area contributed by atoms with Crippen LogP contribution in [-0.4, -0.2) is 43.0 Å². The molecular formula is C19H25N5O4. The van der Waals surface area contributed by atoms with Crippen LogP contribution in [0.3, 0.4) is 0 Å². The maximum atomic E-state index is 12.4. The van der Waals surface area contributed by atoms with Gasteiger partial charge in [0.25, 0.3) is 5.56 Å². The summed E-state index contributed by atoms with van der Waals surface area (Å²) < 4.78 is 8.47. The molecule has 1 aromatic carbocycles. The highest BCUT2D eigenvalue weighted by atomic mass is 16.5. The van der Waals surface area contributed by atoms with Crippen LogP contribution >= 0.6 is 0 Å². The van der Waals surface area contributed by atoms with Gasteiger partial charge in [-0.1, -0.05) is 25.1 Å². The minimum Gasteiger partial charge on any atom is -0.491 e. The van der Waals surface area contributed by atoms with Gasteiger partial charge in [-0.15, -0.1) is 0 Å². The molecule has 0 unspecified atom stereocenters. The number of hydrogen-bond acceptors (Lipinski definition) is 6. The number of ether oxygens (including phenoxy) is 1. The molecule has 0 aliphatic heterocycles. The topological polar surface area (TPSA) is 114 Å². The monoisotopic (exact) mass is 387 g/mol. The molecule has 2 atom stereocenters. The highest BCUT2D eigenvalue weighted by Gasteiger charge is 2.20. The molecule has 2 heterocycles. The van der Waals surface area contributed by atoms with E-state index in [2.05, 4.69) is 15.3 Å². The molecule has 0 saturated carbocycles. The zero-order valence-electron chi connectivity index (χ0n) is 16.2. The zero-order valence-corrected chi connectivity index (χ0v) is 16.2. The molecular weight excluding hydrogens is 362 g/mol. The summed E-state index contributed by atoms with van der Waals surface area (Å²) in [4.78, 5) is 31.1. The van der Waals surface area contributed by atoms with Gasteiger partial charge in [-0.2, -0.15) is 4.98 Å². The Bertz CT molecular complexity index is 1050. The van der Waals surface area contributed by atoms with E-state index in [1.165, 1.54) is 4.57 Å². The number of benzene rings is 1. The van der Waals surface area contributed by atoms with Gasteiger partial charge in [-0.3, -0.25) is 14.3 Å². The Morgan fingerprint density at radius 1 is 1.29 bits per heavy atom. The maximum absolute atomic E-state index is 12.4. The second-order valence-electron chi connectivity index (χ2n) is 6.77. The number of fused-ring (bicyclic) bond motifs is 1. The van der Waals surface area contributed by atoms with Gasteiger partial charge >= 0.3 is 5.69 Å². The highest BCUT2D eigenvalue weighted by Crippen LogP contribution is 2.18. The summed E-state index contributed by atoms with van der Waals surface area (Å²) in [6.45, 7) is 4.15. The molecule has 28 heavy (non-hydrogen) atoms. The van der Waals surface area contributed by atoms with Crippen molar-refractivity contribution in [3.05, 3.63) is 51.2 Å². The third-order valence-corrected chi connectivity index (χ3v) is 4.57. The predicted molar refractivity (Wildman–Crippen MR) is 107 cm³/mol. The van der Waals surface area contributed by atoms with Crippen molar-refractivity contribution >= 4 is 17.1 Å². The van der Waals surface area contributed by atoms with Crippen molar-refractivity contribution in [3.8, 4) is 5.75 Å². The van der Waals surface area contributed by atoms with Gasteiger partial charge < -0.3 is 19.7 Å². The molecule has 2 aromatic heterocycles. The van der Waals surface area contributed by atoms with Gasteiger partial charge in [0, 0.05) is 13.1 Å².